The van der Waals surface area contributed by atoms with Gasteiger partial charge in [-0.1, -0.05) is 25.5 Å². The molecule has 0 radical (unpaired) electrons. The summed E-state index contributed by atoms with van der Waals surface area (Å²) in [5.41, 5.74) is 1.79. The Morgan fingerprint density at radius 1 is 1.38 bits per heavy atom. The molecule has 1 aliphatic heterocycles. The first-order chi connectivity index (χ1) is 10.2. The lowest BCUT2D eigenvalue weighted by Gasteiger charge is -2.40. The molecule has 1 saturated heterocycles. The molecule has 21 heavy (non-hydrogen) atoms. The number of benzene rings is 1. The van der Waals surface area contributed by atoms with Crippen molar-refractivity contribution in [3.8, 4) is 5.75 Å². The Morgan fingerprint density at radius 2 is 2.24 bits per heavy atom. The number of methoxy groups -OCH3 is 1. The van der Waals surface area contributed by atoms with Crippen LogP contribution in [0, 0.1) is 5.41 Å². The molecule has 1 fully saturated rings. The Hall–Kier alpha value is -1.06. The van der Waals surface area contributed by atoms with Gasteiger partial charge in [-0.15, -0.1) is 0 Å². The van der Waals surface area contributed by atoms with Crippen LogP contribution in [0.5, 0.6) is 5.75 Å². The van der Waals surface area contributed by atoms with E-state index in [0.29, 0.717) is 5.41 Å². The van der Waals surface area contributed by atoms with Crippen molar-refractivity contribution in [3.05, 3.63) is 29.8 Å². The van der Waals surface area contributed by atoms with E-state index in [0.717, 1.165) is 12.3 Å². The van der Waals surface area contributed by atoms with Crippen LogP contribution >= 0.6 is 0 Å². The SMILES string of the molecule is CCCC1(CN(C)Cc2cccc(OC)c2)CCCNC1. The van der Waals surface area contributed by atoms with Crippen LogP contribution in [0.4, 0.5) is 0 Å². The summed E-state index contributed by atoms with van der Waals surface area (Å²) in [6.45, 7) is 6.82. The standard InChI is InChI=1S/C18H30N2O/c1-4-9-18(10-6-11-19-14-18)15-20(2)13-16-7-5-8-17(12-16)21-3/h5,7-8,12,19H,4,6,9-11,13-15H2,1-3H3. The van der Waals surface area contributed by atoms with Gasteiger partial charge in [0.15, 0.2) is 0 Å². The molecule has 118 valence electrons. The number of ether oxygens (including phenoxy) is 1. The van der Waals surface area contributed by atoms with Crippen molar-refractivity contribution in [1.82, 2.24) is 10.2 Å². The predicted molar refractivity (Wildman–Crippen MR) is 88.8 cm³/mol. The molecule has 1 heterocycles. The Bertz CT molecular complexity index is 421. The zero-order chi connectivity index (χ0) is 15.1. The summed E-state index contributed by atoms with van der Waals surface area (Å²) in [6, 6.07) is 8.41. The van der Waals surface area contributed by atoms with E-state index in [1.807, 2.05) is 6.07 Å². The summed E-state index contributed by atoms with van der Waals surface area (Å²) in [7, 11) is 3.97. The van der Waals surface area contributed by atoms with Crippen molar-refractivity contribution >= 4 is 0 Å². The molecule has 1 aliphatic rings. The first-order valence-corrected chi connectivity index (χ1v) is 8.20. The normalized spacial score (nSPS) is 22.5. The highest BCUT2D eigenvalue weighted by Gasteiger charge is 2.32. The molecular formula is C18H30N2O. The zero-order valence-electron chi connectivity index (χ0n) is 13.8. The topological polar surface area (TPSA) is 24.5 Å². The van der Waals surface area contributed by atoms with Gasteiger partial charge in [0.2, 0.25) is 0 Å². The molecule has 0 spiro atoms. The van der Waals surface area contributed by atoms with Gasteiger partial charge >= 0.3 is 0 Å². The fraction of sp³-hybridized carbons (Fsp3) is 0.667. The summed E-state index contributed by atoms with van der Waals surface area (Å²) in [4.78, 5) is 2.47. The number of nitrogens with zero attached hydrogens (tertiary/aromatic N) is 1. The van der Waals surface area contributed by atoms with Crippen molar-refractivity contribution in [2.45, 2.75) is 39.2 Å². The quantitative estimate of drug-likeness (QED) is 0.834. The highest BCUT2D eigenvalue weighted by atomic mass is 16.5. The minimum absolute atomic E-state index is 0.459. The second-order valence-electron chi connectivity index (χ2n) is 6.55. The predicted octanol–water partition coefficient (Wildman–Crippen LogP) is 3.30. The Morgan fingerprint density at radius 3 is 2.90 bits per heavy atom. The maximum atomic E-state index is 5.32. The van der Waals surface area contributed by atoms with Crippen LogP contribution in [0.15, 0.2) is 24.3 Å². The molecule has 0 amide bonds. The zero-order valence-corrected chi connectivity index (χ0v) is 13.8. The first-order valence-electron chi connectivity index (χ1n) is 8.20. The third-order valence-electron chi connectivity index (χ3n) is 4.53. The van der Waals surface area contributed by atoms with E-state index < -0.39 is 0 Å². The Labute approximate surface area is 129 Å². The third-order valence-corrected chi connectivity index (χ3v) is 4.53. The number of rotatable bonds is 7. The maximum Gasteiger partial charge on any atom is 0.119 e. The second kappa shape index (κ2) is 7.81. The van der Waals surface area contributed by atoms with Crippen molar-refractivity contribution in [2.75, 3.05) is 33.8 Å². The van der Waals surface area contributed by atoms with Gasteiger partial charge in [0.25, 0.3) is 0 Å². The molecule has 1 N–H and O–H groups in total. The molecule has 3 nitrogen and oxygen atoms in total. The van der Waals surface area contributed by atoms with Gasteiger partial charge in [-0.25, -0.2) is 0 Å². The van der Waals surface area contributed by atoms with E-state index in [2.05, 4.69) is 42.4 Å². The van der Waals surface area contributed by atoms with Gasteiger partial charge in [-0.2, -0.15) is 0 Å². The number of hydrogen-bond donors (Lipinski definition) is 1. The molecule has 0 aliphatic carbocycles. The van der Waals surface area contributed by atoms with Crippen LogP contribution in [0.2, 0.25) is 0 Å². The molecule has 1 atom stereocenters. The summed E-state index contributed by atoms with van der Waals surface area (Å²) in [6.07, 6.45) is 5.26. The van der Waals surface area contributed by atoms with E-state index in [9.17, 15) is 0 Å². The Balaban J connectivity index is 1.96. The largest absolute Gasteiger partial charge is 0.497 e. The number of piperidine rings is 1. The molecule has 2 rings (SSSR count). The first kappa shape index (κ1) is 16.3. The molecule has 3 heteroatoms. The van der Waals surface area contributed by atoms with Gasteiger partial charge in [-0.05, 0) is 56.0 Å². The molecule has 0 saturated carbocycles. The van der Waals surface area contributed by atoms with Crippen LogP contribution in [-0.2, 0) is 6.54 Å². The van der Waals surface area contributed by atoms with Crippen molar-refractivity contribution in [3.63, 3.8) is 0 Å². The van der Waals surface area contributed by atoms with E-state index in [1.165, 1.54) is 50.9 Å². The third kappa shape index (κ3) is 4.72. The molecule has 0 bridgehead atoms. The van der Waals surface area contributed by atoms with Crippen LogP contribution in [0.25, 0.3) is 0 Å². The maximum absolute atomic E-state index is 5.32. The van der Waals surface area contributed by atoms with E-state index in [4.69, 9.17) is 4.74 Å². The lowest BCUT2D eigenvalue weighted by atomic mass is 9.76. The van der Waals surface area contributed by atoms with Gasteiger partial charge in [-0.3, -0.25) is 0 Å². The fourth-order valence-corrected chi connectivity index (χ4v) is 3.70. The van der Waals surface area contributed by atoms with Gasteiger partial charge in [0, 0.05) is 19.6 Å². The van der Waals surface area contributed by atoms with Gasteiger partial charge < -0.3 is 15.0 Å². The summed E-state index contributed by atoms with van der Waals surface area (Å²) in [5, 5.41) is 3.60. The van der Waals surface area contributed by atoms with Crippen molar-refractivity contribution in [1.29, 1.82) is 0 Å². The van der Waals surface area contributed by atoms with E-state index in [1.54, 1.807) is 7.11 Å². The van der Waals surface area contributed by atoms with E-state index >= 15 is 0 Å². The van der Waals surface area contributed by atoms with Crippen LogP contribution < -0.4 is 10.1 Å². The Kier molecular flexibility index (Phi) is 6.07. The average Bonchev–Trinajstić information content (AvgIpc) is 2.48. The fourth-order valence-electron chi connectivity index (χ4n) is 3.70. The molecule has 0 aromatic heterocycles. The highest BCUT2D eigenvalue weighted by Crippen LogP contribution is 2.32. The highest BCUT2D eigenvalue weighted by molar-refractivity contribution is 5.28. The minimum atomic E-state index is 0.459. The van der Waals surface area contributed by atoms with Crippen molar-refractivity contribution < 1.29 is 4.74 Å². The summed E-state index contributed by atoms with van der Waals surface area (Å²) in [5.74, 6) is 0.948. The minimum Gasteiger partial charge on any atom is -0.497 e. The second-order valence-corrected chi connectivity index (χ2v) is 6.55. The average molecular weight is 290 g/mol. The van der Waals surface area contributed by atoms with Crippen molar-refractivity contribution in [2.24, 2.45) is 5.41 Å². The molecule has 1 unspecified atom stereocenters. The van der Waals surface area contributed by atoms with E-state index in [-0.39, 0.29) is 0 Å². The molecule has 1 aromatic carbocycles. The van der Waals surface area contributed by atoms with Gasteiger partial charge in [0.1, 0.15) is 5.75 Å². The summed E-state index contributed by atoms with van der Waals surface area (Å²) < 4.78 is 5.32. The lowest BCUT2D eigenvalue weighted by molar-refractivity contribution is 0.118. The number of nitrogens with one attached hydrogen (secondary N) is 1. The van der Waals surface area contributed by atoms with Gasteiger partial charge in [0.05, 0.1) is 7.11 Å². The monoisotopic (exact) mass is 290 g/mol. The summed E-state index contributed by atoms with van der Waals surface area (Å²) >= 11 is 0. The smallest absolute Gasteiger partial charge is 0.119 e. The van der Waals surface area contributed by atoms with Crippen LogP contribution in [0.3, 0.4) is 0 Å². The molecular weight excluding hydrogens is 260 g/mol. The lowest BCUT2D eigenvalue weighted by Crippen LogP contribution is -2.46. The molecule has 1 aromatic rings. The van der Waals surface area contributed by atoms with Crippen LogP contribution in [0.1, 0.15) is 38.2 Å². The van der Waals surface area contributed by atoms with Crippen LogP contribution in [-0.4, -0.2) is 38.7 Å². The number of hydrogen-bond acceptors (Lipinski definition) is 3.